The topological polar surface area (TPSA) is 47.3 Å². The summed E-state index contributed by atoms with van der Waals surface area (Å²) in [4.78, 5) is 0. The minimum atomic E-state index is -4.73. The molecule has 0 radical (unpaired) electrons. The fraction of sp³-hybridized carbons (Fsp3) is 0.200. The van der Waals surface area contributed by atoms with E-state index < -0.39 is 12.4 Å². The maximum absolute atomic E-state index is 12.4. The number of nitrogens with two attached hydrogens (primary N) is 1. The highest BCUT2D eigenvalue weighted by molar-refractivity contribution is 5.48. The molecular formula is C15H15F3N2O. The molecule has 1 atom stereocenters. The van der Waals surface area contributed by atoms with Gasteiger partial charge in [0.2, 0.25) is 0 Å². The fourth-order valence-corrected chi connectivity index (χ4v) is 1.99. The number of rotatable bonds is 5. The predicted octanol–water partition coefficient (Wildman–Crippen LogP) is 3.70. The van der Waals surface area contributed by atoms with Gasteiger partial charge in [0.05, 0.1) is 6.04 Å². The van der Waals surface area contributed by atoms with Crippen LogP contribution in [0.4, 0.5) is 18.9 Å². The molecule has 0 aliphatic rings. The molecular weight excluding hydrogens is 281 g/mol. The van der Waals surface area contributed by atoms with Crippen molar-refractivity contribution in [3.05, 3.63) is 60.2 Å². The monoisotopic (exact) mass is 296 g/mol. The summed E-state index contributed by atoms with van der Waals surface area (Å²) in [7, 11) is 0. The number of ether oxygens (including phenoxy) is 1. The summed E-state index contributed by atoms with van der Waals surface area (Å²) in [6.45, 7) is 0.132. The van der Waals surface area contributed by atoms with E-state index in [4.69, 9.17) is 5.73 Å². The van der Waals surface area contributed by atoms with Gasteiger partial charge >= 0.3 is 6.36 Å². The predicted molar refractivity (Wildman–Crippen MR) is 75.0 cm³/mol. The molecule has 0 saturated carbocycles. The van der Waals surface area contributed by atoms with Crippen LogP contribution in [0.1, 0.15) is 11.6 Å². The van der Waals surface area contributed by atoms with Crippen LogP contribution in [-0.2, 0) is 0 Å². The Morgan fingerprint density at radius 1 is 1.00 bits per heavy atom. The number of hydrogen-bond acceptors (Lipinski definition) is 3. The Morgan fingerprint density at radius 2 is 1.62 bits per heavy atom. The normalized spacial score (nSPS) is 12.8. The van der Waals surface area contributed by atoms with E-state index in [0.29, 0.717) is 5.56 Å². The van der Waals surface area contributed by atoms with Gasteiger partial charge in [0.15, 0.2) is 0 Å². The van der Waals surface area contributed by atoms with Crippen LogP contribution in [0.3, 0.4) is 0 Å². The Labute approximate surface area is 120 Å². The van der Waals surface area contributed by atoms with Gasteiger partial charge in [-0.1, -0.05) is 36.4 Å². The van der Waals surface area contributed by atoms with E-state index in [1.165, 1.54) is 12.1 Å². The number of hydrogen-bond donors (Lipinski definition) is 2. The molecule has 2 rings (SSSR count). The molecule has 0 amide bonds. The zero-order valence-electron chi connectivity index (χ0n) is 11.1. The molecule has 112 valence electrons. The SMILES string of the molecule is NCC(Nc1ccccc1)c1ccccc1OC(F)(F)F. The second-order valence-electron chi connectivity index (χ2n) is 4.38. The number of anilines is 1. The third-order valence-corrected chi connectivity index (χ3v) is 2.87. The van der Waals surface area contributed by atoms with Crippen LogP contribution < -0.4 is 15.8 Å². The lowest BCUT2D eigenvalue weighted by atomic mass is 10.1. The van der Waals surface area contributed by atoms with Crippen molar-refractivity contribution >= 4 is 5.69 Å². The maximum atomic E-state index is 12.4. The first kappa shape index (κ1) is 15.2. The summed E-state index contributed by atoms with van der Waals surface area (Å²) in [5.74, 6) is -0.246. The standard InChI is InChI=1S/C15H15F3N2O/c16-15(17,18)21-14-9-5-4-8-12(14)13(10-19)20-11-6-2-1-3-7-11/h1-9,13,20H,10,19H2. The van der Waals surface area contributed by atoms with Gasteiger partial charge in [0, 0.05) is 17.8 Å². The molecule has 6 heteroatoms. The maximum Gasteiger partial charge on any atom is 0.573 e. The van der Waals surface area contributed by atoms with Gasteiger partial charge in [-0.25, -0.2) is 0 Å². The molecule has 0 fully saturated rings. The van der Waals surface area contributed by atoms with E-state index in [2.05, 4.69) is 10.1 Å². The lowest BCUT2D eigenvalue weighted by Crippen LogP contribution is -2.24. The van der Waals surface area contributed by atoms with E-state index in [-0.39, 0.29) is 12.3 Å². The molecule has 2 aromatic carbocycles. The summed E-state index contributed by atoms with van der Waals surface area (Å²) in [5, 5.41) is 3.10. The Hall–Kier alpha value is -2.21. The van der Waals surface area contributed by atoms with Crippen LogP contribution in [0.15, 0.2) is 54.6 Å². The average Bonchev–Trinajstić information content (AvgIpc) is 2.45. The smallest absolute Gasteiger partial charge is 0.405 e. The summed E-state index contributed by atoms with van der Waals surface area (Å²) in [5.41, 5.74) is 6.82. The Kier molecular flexibility index (Phi) is 4.70. The van der Waals surface area contributed by atoms with Gasteiger partial charge in [-0.3, -0.25) is 0 Å². The summed E-state index contributed by atoms with van der Waals surface area (Å²) >= 11 is 0. The number of para-hydroxylation sites is 2. The Balaban J connectivity index is 2.26. The average molecular weight is 296 g/mol. The summed E-state index contributed by atoms with van der Waals surface area (Å²) < 4.78 is 41.4. The first-order chi connectivity index (χ1) is 9.99. The Morgan fingerprint density at radius 3 is 2.24 bits per heavy atom. The molecule has 0 aromatic heterocycles. The molecule has 0 bridgehead atoms. The van der Waals surface area contributed by atoms with Gasteiger partial charge in [0.1, 0.15) is 5.75 Å². The van der Waals surface area contributed by atoms with Crippen LogP contribution in [0, 0.1) is 0 Å². The highest BCUT2D eigenvalue weighted by atomic mass is 19.4. The van der Waals surface area contributed by atoms with E-state index in [1.807, 2.05) is 30.3 Å². The molecule has 0 spiro atoms. The molecule has 3 N–H and O–H groups in total. The number of alkyl halides is 3. The molecule has 0 aliphatic heterocycles. The van der Waals surface area contributed by atoms with Gasteiger partial charge in [-0.05, 0) is 18.2 Å². The van der Waals surface area contributed by atoms with Crippen LogP contribution in [-0.4, -0.2) is 12.9 Å². The van der Waals surface area contributed by atoms with Crippen molar-refractivity contribution in [2.45, 2.75) is 12.4 Å². The van der Waals surface area contributed by atoms with Crippen molar-refractivity contribution in [2.24, 2.45) is 5.73 Å². The first-order valence-electron chi connectivity index (χ1n) is 6.36. The molecule has 1 unspecified atom stereocenters. The van der Waals surface area contributed by atoms with Crippen molar-refractivity contribution in [2.75, 3.05) is 11.9 Å². The first-order valence-corrected chi connectivity index (χ1v) is 6.36. The molecule has 0 saturated heterocycles. The van der Waals surface area contributed by atoms with Gasteiger partial charge in [-0.2, -0.15) is 0 Å². The van der Waals surface area contributed by atoms with E-state index >= 15 is 0 Å². The minimum Gasteiger partial charge on any atom is -0.405 e. The largest absolute Gasteiger partial charge is 0.573 e. The minimum absolute atomic E-state index is 0.132. The lowest BCUT2D eigenvalue weighted by Gasteiger charge is -2.22. The fourth-order valence-electron chi connectivity index (χ4n) is 1.99. The molecule has 2 aromatic rings. The van der Waals surface area contributed by atoms with Crippen molar-refractivity contribution in [3.63, 3.8) is 0 Å². The van der Waals surface area contributed by atoms with Crippen molar-refractivity contribution in [1.29, 1.82) is 0 Å². The van der Waals surface area contributed by atoms with Gasteiger partial charge in [0.25, 0.3) is 0 Å². The van der Waals surface area contributed by atoms with Crippen LogP contribution in [0.25, 0.3) is 0 Å². The van der Waals surface area contributed by atoms with Crippen molar-refractivity contribution in [1.82, 2.24) is 0 Å². The second kappa shape index (κ2) is 6.49. The lowest BCUT2D eigenvalue weighted by molar-refractivity contribution is -0.274. The molecule has 0 heterocycles. The number of halogens is 3. The van der Waals surface area contributed by atoms with Gasteiger partial charge in [-0.15, -0.1) is 13.2 Å². The van der Waals surface area contributed by atoms with Crippen LogP contribution in [0.2, 0.25) is 0 Å². The highest BCUT2D eigenvalue weighted by Gasteiger charge is 2.32. The van der Waals surface area contributed by atoms with E-state index in [0.717, 1.165) is 5.69 Å². The number of benzene rings is 2. The van der Waals surface area contributed by atoms with Crippen molar-refractivity contribution < 1.29 is 17.9 Å². The van der Waals surface area contributed by atoms with Gasteiger partial charge < -0.3 is 15.8 Å². The third-order valence-electron chi connectivity index (χ3n) is 2.87. The number of nitrogens with one attached hydrogen (secondary N) is 1. The zero-order chi connectivity index (χ0) is 15.3. The molecule has 0 aliphatic carbocycles. The summed E-state index contributed by atoms with van der Waals surface area (Å²) in [6.07, 6.45) is -4.73. The second-order valence-corrected chi connectivity index (χ2v) is 4.38. The summed E-state index contributed by atoms with van der Waals surface area (Å²) in [6, 6.07) is 14.6. The Bertz CT molecular complexity index is 573. The van der Waals surface area contributed by atoms with Crippen LogP contribution >= 0.6 is 0 Å². The van der Waals surface area contributed by atoms with E-state index in [1.54, 1.807) is 12.1 Å². The highest BCUT2D eigenvalue weighted by Crippen LogP contribution is 2.31. The van der Waals surface area contributed by atoms with E-state index in [9.17, 15) is 13.2 Å². The zero-order valence-corrected chi connectivity index (χ0v) is 11.1. The quantitative estimate of drug-likeness (QED) is 0.884. The van der Waals surface area contributed by atoms with Crippen LogP contribution in [0.5, 0.6) is 5.75 Å². The molecule has 21 heavy (non-hydrogen) atoms. The third kappa shape index (κ3) is 4.39. The molecule has 3 nitrogen and oxygen atoms in total. The van der Waals surface area contributed by atoms with Crippen molar-refractivity contribution in [3.8, 4) is 5.75 Å².